The molecule has 0 unspecified atom stereocenters. The molecule has 1 aromatic heterocycles. The van der Waals surface area contributed by atoms with Crippen molar-refractivity contribution in [1.29, 1.82) is 5.26 Å². The van der Waals surface area contributed by atoms with E-state index >= 15 is 0 Å². The zero-order chi connectivity index (χ0) is 10.6. The molecule has 5 nitrogen and oxygen atoms in total. The minimum absolute atomic E-state index is 0.0820. The number of carbonyl (C=O) groups excluding carboxylic acids is 1. The first-order valence-electron chi connectivity index (χ1n) is 3.98. The number of pyridine rings is 1. The Bertz CT molecular complexity index is 383. The number of nitrogens with zero attached hydrogens (tertiary/aromatic N) is 3. The molecule has 0 spiro atoms. The van der Waals surface area contributed by atoms with E-state index in [-0.39, 0.29) is 6.54 Å². The maximum atomic E-state index is 10.7. The number of carbonyl (C=O) groups is 1. The molecule has 1 heterocycles. The number of hydrogen-bond donors (Lipinski definition) is 1. The number of nitriles is 1. The van der Waals surface area contributed by atoms with Crippen molar-refractivity contribution in [3.05, 3.63) is 24.0 Å². The number of hydrogen-bond acceptors (Lipinski definition) is 4. The molecule has 0 aliphatic rings. The fourth-order valence-electron chi connectivity index (χ4n) is 1.13. The minimum Gasteiger partial charge on any atom is -0.368 e. The van der Waals surface area contributed by atoms with Crippen LogP contribution in [0.3, 0.4) is 0 Å². The highest BCUT2D eigenvalue weighted by Crippen LogP contribution is 2.15. The Balaban J connectivity index is 2.95. The first-order valence-corrected chi connectivity index (χ1v) is 3.98. The smallest absolute Gasteiger partial charge is 0.236 e. The normalized spacial score (nSPS) is 9.14. The van der Waals surface area contributed by atoms with Crippen molar-refractivity contribution in [3.63, 3.8) is 0 Å². The van der Waals surface area contributed by atoms with Gasteiger partial charge in [-0.3, -0.25) is 9.78 Å². The van der Waals surface area contributed by atoms with Gasteiger partial charge in [0.2, 0.25) is 5.91 Å². The molecular formula is C9H10N4O. The molecule has 0 atom stereocenters. The van der Waals surface area contributed by atoms with Crippen LogP contribution < -0.4 is 10.6 Å². The van der Waals surface area contributed by atoms with Crippen molar-refractivity contribution in [2.24, 2.45) is 5.73 Å². The van der Waals surface area contributed by atoms with Crippen LogP contribution >= 0.6 is 0 Å². The molecule has 5 heteroatoms. The van der Waals surface area contributed by atoms with Gasteiger partial charge in [-0.1, -0.05) is 0 Å². The van der Waals surface area contributed by atoms with Crippen LogP contribution in [0.25, 0.3) is 0 Å². The number of primary amides is 1. The van der Waals surface area contributed by atoms with Gasteiger partial charge < -0.3 is 10.6 Å². The van der Waals surface area contributed by atoms with Gasteiger partial charge in [-0.05, 0) is 6.07 Å². The molecule has 0 bridgehead atoms. The quantitative estimate of drug-likeness (QED) is 0.720. The Morgan fingerprint density at radius 3 is 3.07 bits per heavy atom. The SMILES string of the molecule is CN(CC(N)=O)c1ccncc1C#N. The van der Waals surface area contributed by atoms with Gasteiger partial charge in [-0.2, -0.15) is 5.26 Å². The largest absolute Gasteiger partial charge is 0.368 e. The van der Waals surface area contributed by atoms with Crippen molar-refractivity contribution in [2.75, 3.05) is 18.5 Å². The van der Waals surface area contributed by atoms with E-state index in [0.29, 0.717) is 11.3 Å². The fourth-order valence-corrected chi connectivity index (χ4v) is 1.13. The van der Waals surface area contributed by atoms with Crippen LogP contribution in [0.1, 0.15) is 5.56 Å². The highest BCUT2D eigenvalue weighted by Gasteiger charge is 2.08. The summed E-state index contributed by atoms with van der Waals surface area (Å²) in [7, 11) is 1.70. The summed E-state index contributed by atoms with van der Waals surface area (Å²) in [6, 6.07) is 3.66. The second-order valence-electron chi connectivity index (χ2n) is 2.83. The molecule has 0 aromatic carbocycles. The molecule has 72 valence electrons. The minimum atomic E-state index is -0.437. The lowest BCUT2D eigenvalue weighted by molar-refractivity contribution is -0.116. The summed E-state index contributed by atoms with van der Waals surface area (Å²) >= 11 is 0. The molecule has 2 N–H and O–H groups in total. The molecule has 0 saturated heterocycles. The highest BCUT2D eigenvalue weighted by molar-refractivity contribution is 5.80. The summed E-state index contributed by atoms with van der Waals surface area (Å²) < 4.78 is 0. The van der Waals surface area contributed by atoms with Gasteiger partial charge in [0.15, 0.2) is 0 Å². The lowest BCUT2D eigenvalue weighted by Gasteiger charge is -2.17. The first-order chi connectivity index (χ1) is 6.65. The predicted octanol–water partition coefficient (Wildman–Crippen LogP) is -0.125. The van der Waals surface area contributed by atoms with E-state index < -0.39 is 5.91 Å². The summed E-state index contributed by atoms with van der Waals surface area (Å²) in [6.07, 6.45) is 3.01. The van der Waals surface area contributed by atoms with Crippen LogP contribution in [0.2, 0.25) is 0 Å². The Hall–Kier alpha value is -2.09. The number of anilines is 1. The lowest BCUT2D eigenvalue weighted by atomic mass is 10.2. The number of nitrogens with two attached hydrogens (primary N) is 1. The zero-order valence-corrected chi connectivity index (χ0v) is 7.77. The van der Waals surface area contributed by atoms with Gasteiger partial charge >= 0.3 is 0 Å². The van der Waals surface area contributed by atoms with E-state index in [1.165, 1.54) is 6.20 Å². The standard InChI is InChI=1S/C9H10N4O/c1-13(6-9(11)14)8-2-3-12-5-7(8)4-10/h2-3,5H,6H2,1H3,(H2,11,14). The van der Waals surface area contributed by atoms with E-state index in [9.17, 15) is 4.79 Å². The summed E-state index contributed by atoms with van der Waals surface area (Å²) in [5.74, 6) is -0.437. The average Bonchev–Trinajstić information content (AvgIpc) is 2.16. The van der Waals surface area contributed by atoms with Gasteiger partial charge in [-0.25, -0.2) is 0 Å². The van der Waals surface area contributed by atoms with E-state index in [2.05, 4.69) is 4.98 Å². The molecule has 1 aromatic rings. The van der Waals surface area contributed by atoms with Crippen molar-refractivity contribution in [1.82, 2.24) is 4.98 Å². The second-order valence-corrected chi connectivity index (χ2v) is 2.83. The van der Waals surface area contributed by atoms with Crippen LogP contribution in [0.4, 0.5) is 5.69 Å². The summed E-state index contributed by atoms with van der Waals surface area (Å²) in [5, 5.41) is 8.77. The lowest BCUT2D eigenvalue weighted by Crippen LogP contribution is -2.30. The van der Waals surface area contributed by atoms with E-state index in [4.69, 9.17) is 11.0 Å². The predicted molar refractivity (Wildman–Crippen MR) is 51.4 cm³/mol. The molecule has 0 fully saturated rings. The Morgan fingerprint density at radius 2 is 2.50 bits per heavy atom. The summed E-state index contributed by atoms with van der Waals surface area (Å²) in [5.41, 5.74) is 6.12. The van der Waals surface area contributed by atoms with E-state index in [0.717, 1.165) is 0 Å². The molecule has 0 aliphatic carbocycles. The molecule has 1 amide bonds. The van der Waals surface area contributed by atoms with Crippen LogP contribution in [0, 0.1) is 11.3 Å². The number of likely N-dealkylation sites (N-methyl/N-ethyl adjacent to an activating group) is 1. The molecular weight excluding hydrogens is 180 g/mol. The third-order valence-corrected chi connectivity index (χ3v) is 1.72. The van der Waals surface area contributed by atoms with Gasteiger partial charge in [0.05, 0.1) is 17.8 Å². The number of aromatic nitrogens is 1. The summed E-state index contributed by atoms with van der Waals surface area (Å²) in [4.78, 5) is 16.1. The van der Waals surface area contributed by atoms with Crippen molar-refractivity contribution in [3.8, 4) is 6.07 Å². The maximum absolute atomic E-state index is 10.7. The van der Waals surface area contributed by atoms with Crippen LogP contribution in [0.5, 0.6) is 0 Å². The second kappa shape index (κ2) is 4.23. The van der Waals surface area contributed by atoms with Gasteiger partial charge in [0, 0.05) is 19.4 Å². The third kappa shape index (κ3) is 2.20. The van der Waals surface area contributed by atoms with Gasteiger partial charge in [0.25, 0.3) is 0 Å². The Labute approximate surface area is 81.8 Å². The fraction of sp³-hybridized carbons (Fsp3) is 0.222. The molecule has 0 saturated carbocycles. The monoisotopic (exact) mass is 190 g/mol. The van der Waals surface area contributed by atoms with E-state index in [1.807, 2.05) is 6.07 Å². The first kappa shape index (κ1) is 9.99. The summed E-state index contributed by atoms with van der Waals surface area (Å²) in [6.45, 7) is 0.0820. The van der Waals surface area contributed by atoms with Crippen molar-refractivity contribution >= 4 is 11.6 Å². The number of amides is 1. The Morgan fingerprint density at radius 1 is 1.79 bits per heavy atom. The van der Waals surface area contributed by atoms with Crippen molar-refractivity contribution in [2.45, 2.75) is 0 Å². The van der Waals surface area contributed by atoms with Gasteiger partial charge in [0.1, 0.15) is 6.07 Å². The number of rotatable bonds is 3. The molecule has 0 aliphatic heterocycles. The zero-order valence-electron chi connectivity index (χ0n) is 7.77. The maximum Gasteiger partial charge on any atom is 0.236 e. The Kier molecular flexibility index (Phi) is 3.02. The third-order valence-electron chi connectivity index (χ3n) is 1.72. The molecule has 0 radical (unpaired) electrons. The molecule has 14 heavy (non-hydrogen) atoms. The van der Waals surface area contributed by atoms with Crippen LogP contribution in [-0.4, -0.2) is 24.5 Å². The van der Waals surface area contributed by atoms with E-state index in [1.54, 1.807) is 24.2 Å². The topological polar surface area (TPSA) is 83.0 Å². The highest BCUT2D eigenvalue weighted by atomic mass is 16.1. The molecule has 1 rings (SSSR count). The van der Waals surface area contributed by atoms with Crippen LogP contribution in [0.15, 0.2) is 18.5 Å². The van der Waals surface area contributed by atoms with Gasteiger partial charge in [-0.15, -0.1) is 0 Å². The van der Waals surface area contributed by atoms with Crippen molar-refractivity contribution < 1.29 is 4.79 Å². The van der Waals surface area contributed by atoms with Crippen LogP contribution in [-0.2, 0) is 4.79 Å². The average molecular weight is 190 g/mol.